The van der Waals surface area contributed by atoms with Crippen LogP contribution in [0.1, 0.15) is 47.3 Å². The first-order valence-electron chi connectivity index (χ1n) is 9.11. The maximum Gasteiger partial charge on any atom is 0.262 e. The van der Waals surface area contributed by atoms with Gasteiger partial charge in [0.25, 0.3) is 5.91 Å². The largest absolute Gasteiger partial charge is 0.503 e. The van der Waals surface area contributed by atoms with Crippen LogP contribution in [0.4, 0.5) is 17.6 Å². The third kappa shape index (κ3) is 3.30. The zero-order valence-corrected chi connectivity index (χ0v) is 16.1. The van der Waals surface area contributed by atoms with Gasteiger partial charge in [-0.2, -0.15) is 0 Å². The number of aromatic nitrogens is 1. The number of benzene rings is 2. The molecular weight excluding hydrogens is 404 g/mol. The van der Waals surface area contributed by atoms with Gasteiger partial charge in [-0.1, -0.05) is 13.3 Å². The number of fused-ring (bicyclic) bond motifs is 1. The van der Waals surface area contributed by atoms with E-state index in [0.29, 0.717) is 12.5 Å². The molecule has 0 saturated carbocycles. The van der Waals surface area contributed by atoms with Crippen molar-refractivity contribution in [3.63, 3.8) is 0 Å². The summed E-state index contributed by atoms with van der Waals surface area (Å²) in [6, 6.07) is 3.18. The van der Waals surface area contributed by atoms with Gasteiger partial charge in [-0.05, 0) is 37.1 Å². The first-order chi connectivity index (χ1) is 14.1. The molecule has 30 heavy (non-hydrogen) atoms. The van der Waals surface area contributed by atoms with Crippen molar-refractivity contribution in [2.75, 3.05) is 0 Å². The molecule has 0 saturated heterocycles. The number of nitrogens with two attached hydrogens (primary N) is 1. The lowest BCUT2D eigenvalue weighted by Crippen LogP contribution is -2.22. The van der Waals surface area contributed by atoms with Gasteiger partial charge in [-0.15, -0.1) is 0 Å². The average Bonchev–Trinajstić information content (AvgIpc) is 2.97. The SMILES string of the molecule is CCCC(C(N)=O)c1c(C)n(C(=O)c2ccc(F)c(F)c2)c2cc(F)c(O)c(F)c12. The predicted octanol–water partition coefficient (Wildman–Crippen LogP) is 4.27. The van der Waals surface area contributed by atoms with Crippen molar-refractivity contribution in [2.24, 2.45) is 5.73 Å². The number of hydrogen-bond donors (Lipinski definition) is 2. The molecule has 1 atom stereocenters. The second kappa shape index (κ2) is 7.81. The van der Waals surface area contributed by atoms with E-state index in [9.17, 15) is 32.3 Å². The Bertz CT molecular complexity index is 1190. The highest BCUT2D eigenvalue weighted by molar-refractivity contribution is 6.05. The van der Waals surface area contributed by atoms with Gasteiger partial charge in [0.15, 0.2) is 29.0 Å². The molecular formula is C21H18F4N2O3. The summed E-state index contributed by atoms with van der Waals surface area (Å²) in [5.74, 6) is -9.07. The predicted molar refractivity (Wildman–Crippen MR) is 101 cm³/mol. The number of nitrogens with zero attached hydrogens (tertiary/aromatic N) is 1. The maximum atomic E-state index is 14.9. The van der Waals surface area contributed by atoms with Crippen LogP contribution in [0.25, 0.3) is 10.9 Å². The van der Waals surface area contributed by atoms with Gasteiger partial charge >= 0.3 is 0 Å². The number of carbonyl (C=O) groups excluding carboxylic acids is 2. The maximum absolute atomic E-state index is 14.9. The summed E-state index contributed by atoms with van der Waals surface area (Å²) in [5.41, 5.74) is 5.03. The quantitative estimate of drug-likeness (QED) is 0.603. The highest BCUT2D eigenvalue weighted by Crippen LogP contribution is 2.39. The number of amides is 1. The van der Waals surface area contributed by atoms with Crippen LogP contribution in [0, 0.1) is 30.2 Å². The standard InChI is InChI=1S/C21H18F4N2O3/c1-3-4-11(20(26)29)16-9(2)27(15-8-14(24)19(28)18(25)17(15)16)21(30)10-5-6-12(22)13(23)7-10/h5-8,11,28H,3-4H2,1-2H3,(H2,26,29). The van der Waals surface area contributed by atoms with Gasteiger partial charge in [0, 0.05) is 22.7 Å². The van der Waals surface area contributed by atoms with Gasteiger partial charge in [0.05, 0.1) is 11.4 Å². The van der Waals surface area contributed by atoms with Crippen molar-refractivity contribution in [3.05, 3.63) is 64.4 Å². The van der Waals surface area contributed by atoms with Gasteiger partial charge in [-0.25, -0.2) is 17.6 Å². The summed E-state index contributed by atoms with van der Waals surface area (Å²) < 4.78 is 56.8. The molecule has 1 heterocycles. The fourth-order valence-electron chi connectivity index (χ4n) is 3.67. The Morgan fingerprint density at radius 3 is 2.33 bits per heavy atom. The fraction of sp³-hybridized carbons (Fsp3) is 0.238. The molecule has 1 unspecified atom stereocenters. The Morgan fingerprint density at radius 2 is 1.77 bits per heavy atom. The normalized spacial score (nSPS) is 12.3. The number of phenolic OH excluding ortho intramolecular Hbond substituents is 1. The van der Waals surface area contributed by atoms with Crippen LogP contribution in [0.15, 0.2) is 24.3 Å². The van der Waals surface area contributed by atoms with E-state index in [1.165, 1.54) is 6.92 Å². The van der Waals surface area contributed by atoms with E-state index in [-0.39, 0.29) is 34.1 Å². The molecule has 0 aliphatic carbocycles. The Balaban J connectivity index is 2.40. The minimum Gasteiger partial charge on any atom is -0.503 e. The van der Waals surface area contributed by atoms with Gasteiger partial charge < -0.3 is 10.8 Å². The minimum atomic E-state index is -1.35. The number of carbonyl (C=O) groups is 2. The van der Waals surface area contributed by atoms with E-state index in [2.05, 4.69) is 0 Å². The molecule has 5 nitrogen and oxygen atoms in total. The summed E-state index contributed by atoms with van der Waals surface area (Å²) >= 11 is 0. The lowest BCUT2D eigenvalue weighted by molar-refractivity contribution is -0.119. The third-order valence-corrected chi connectivity index (χ3v) is 5.05. The van der Waals surface area contributed by atoms with Crippen molar-refractivity contribution >= 4 is 22.7 Å². The van der Waals surface area contributed by atoms with Crippen molar-refractivity contribution in [2.45, 2.75) is 32.6 Å². The Hall–Kier alpha value is -3.36. The lowest BCUT2D eigenvalue weighted by Gasteiger charge is -2.14. The van der Waals surface area contributed by atoms with Crippen LogP contribution in [0.5, 0.6) is 5.75 Å². The highest BCUT2D eigenvalue weighted by Gasteiger charge is 2.31. The minimum absolute atomic E-state index is 0.0306. The number of phenols is 1. The topological polar surface area (TPSA) is 85.3 Å². The Labute approximate surface area is 168 Å². The number of rotatable bonds is 5. The fourth-order valence-corrected chi connectivity index (χ4v) is 3.67. The van der Waals surface area contributed by atoms with Crippen LogP contribution >= 0.6 is 0 Å². The number of hydrogen-bond acceptors (Lipinski definition) is 3. The second-order valence-electron chi connectivity index (χ2n) is 6.93. The molecule has 1 aromatic heterocycles. The van der Waals surface area contributed by atoms with Crippen molar-refractivity contribution < 1.29 is 32.3 Å². The smallest absolute Gasteiger partial charge is 0.262 e. The molecule has 0 spiro atoms. The molecule has 9 heteroatoms. The monoisotopic (exact) mass is 422 g/mol. The van der Waals surface area contributed by atoms with Crippen LogP contribution < -0.4 is 5.73 Å². The molecule has 3 rings (SSSR count). The van der Waals surface area contributed by atoms with E-state index in [4.69, 9.17) is 5.73 Å². The van der Waals surface area contributed by atoms with Crippen LogP contribution in [-0.4, -0.2) is 21.5 Å². The molecule has 2 aromatic carbocycles. The van der Waals surface area contributed by atoms with E-state index >= 15 is 0 Å². The zero-order valence-electron chi connectivity index (χ0n) is 16.1. The summed E-state index contributed by atoms with van der Waals surface area (Å²) in [6.45, 7) is 3.16. The highest BCUT2D eigenvalue weighted by atomic mass is 19.2. The van der Waals surface area contributed by atoms with Crippen LogP contribution in [-0.2, 0) is 4.79 Å². The summed E-state index contributed by atoms with van der Waals surface area (Å²) in [5, 5.41) is 9.42. The van der Waals surface area contributed by atoms with E-state index < -0.39 is 46.8 Å². The first kappa shape index (κ1) is 21.4. The Morgan fingerprint density at radius 1 is 1.10 bits per heavy atom. The lowest BCUT2D eigenvalue weighted by atomic mass is 9.91. The van der Waals surface area contributed by atoms with Gasteiger partial charge in [0.2, 0.25) is 5.91 Å². The van der Waals surface area contributed by atoms with Gasteiger partial charge in [0.1, 0.15) is 0 Å². The molecule has 0 radical (unpaired) electrons. The Kier molecular flexibility index (Phi) is 5.56. The van der Waals surface area contributed by atoms with Crippen molar-refractivity contribution in [3.8, 4) is 5.75 Å². The zero-order chi connectivity index (χ0) is 22.3. The molecule has 158 valence electrons. The molecule has 0 fully saturated rings. The molecule has 0 aliphatic heterocycles. The summed E-state index contributed by atoms with van der Waals surface area (Å²) in [7, 11) is 0. The molecule has 0 bridgehead atoms. The van der Waals surface area contributed by atoms with Crippen molar-refractivity contribution in [1.82, 2.24) is 4.57 Å². The van der Waals surface area contributed by atoms with E-state index in [0.717, 1.165) is 22.8 Å². The molecule has 1 amide bonds. The molecule has 0 aliphatic rings. The number of primary amides is 1. The van der Waals surface area contributed by atoms with Crippen molar-refractivity contribution in [1.29, 1.82) is 0 Å². The van der Waals surface area contributed by atoms with Crippen LogP contribution in [0.3, 0.4) is 0 Å². The second-order valence-corrected chi connectivity index (χ2v) is 6.93. The average molecular weight is 422 g/mol. The molecule has 3 aromatic rings. The molecule has 3 N–H and O–H groups in total. The first-order valence-corrected chi connectivity index (χ1v) is 9.11. The third-order valence-electron chi connectivity index (χ3n) is 5.05. The number of halogens is 4. The van der Waals surface area contributed by atoms with Gasteiger partial charge in [-0.3, -0.25) is 14.2 Å². The van der Waals surface area contributed by atoms with Crippen LogP contribution in [0.2, 0.25) is 0 Å². The number of aromatic hydroxyl groups is 1. The summed E-state index contributed by atoms with van der Waals surface area (Å²) in [4.78, 5) is 25.1. The van der Waals surface area contributed by atoms with E-state index in [1.807, 2.05) is 0 Å². The van der Waals surface area contributed by atoms with E-state index in [1.54, 1.807) is 6.92 Å². The summed E-state index contributed by atoms with van der Waals surface area (Å²) in [6.07, 6.45) is 0.706.